The number of quaternary nitrogens is 1. The Morgan fingerprint density at radius 3 is 2.07 bits per heavy atom. The molecular weight excluding hydrogens is 392 g/mol. The summed E-state index contributed by atoms with van der Waals surface area (Å²) in [6.07, 6.45) is 0. The Bertz CT molecular complexity index is 839. The lowest BCUT2D eigenvalue weighted by atomic mass is 10.2. The van der Waals surface area contributed by atoms with Gasteiger partial charge in [-0.15, -0.1) is 22.7 Å². The molecule has 2 N–H and O–H groups in total. The molecule has 28 heavy (non-hydrogen) atoms. The van der Waals surface area contributed by atoms with Crippen LogP contribution < -0.4 is 10.2 Å². The average Bonchev–Trinajstić information content (AvgIpc) is 3.36. The van der Waals surface area contributed by atoms with Crippen molar-refractivity contribution in [2.45, 2.75) is 20.0 Å². The highest BCUT2D eigenvalue weighted by molar-refractivity contribution is 7.10. The molecule has 0 saturated carbocycles. The summed E-state index contributed by atoms with van der Waals surface area (Å²) in [5.41, 5.74) is 1.15. The second-order valence-corrected chi connectivity index (χ2v) is 8.35. The number of hydrogen-bond acceptors (Lipinski definition) is 5. The third-order valence-electron chi connectivity index (χ3n) is 4.10. The quantitative estimate of drug-likeness (QED) is 0.528. The molecule has 0 atom stereocenters. The molecule has 2 aromatic heterocycles. The Morgan fingerprint density at radius 1 is 0.964 bits per heavy atom. The first-order chi connectivity index (χ1) is 13.6. The van der Waals surface area contributed by atoms with E-state index in [2.05, 4.69) is 28.2 Å². The van der Waals surface area contributed by atoms with Crippen LogP contribution in [0.1, 0.15) is 27.0 Å². The standard InChI is InChI=1S/C21H22N2O3S2/c1-2-26-21(25)16-7-9-17(10-8-16)22-20(24)15-23(13-18-5-3-11-27-18)14-19-6-4-12-28-19/h3-12H,2,13-15H2,1H3,(H,22,24)/p+1. The van der Waals surface area contributed by atoms with Crippen LogP contribution in [-0.2, 0) is 22.6 Å². The summed E-state index contributed by atoms with van der Waals surface area (Å²) in [7, 11) is 0. The van der Waals surface area contributed by atoms with Crippen LogP contribution in [0.4, 0.5) is 5.69 Å². The van der Waals surface area contributed by atoms with Crippen LogP contribution >= 0.6 is 22.7 Å². The van der Waals surface area contributed by atoms with Gasteiger partial charge in [0.05, 0.1) is 21.9 Å². The van der Waals surface area contributed by atoms with Gasteiger partial charge in [-0.25, -0.2) is 4.79 Å². The second kappa shape index (κ2) is 10.2. The number of nitrogens with one attached hydrogen (secondary N) is 2. The van der Waals surface area contributed by atoms with Crippen LogP contribution in [0, 0.1) is 0 Å². The fourth-order valence-corrected chi connectivity index (χ4v) is 4.40. The minimum atomic E-state index is -0.358. The van der Waals surface area contributed by atoms with E-state index < -0.39 is 0 Å². The van der Waals surface area contributed by atoms with Gasteiger partial charge in [0, 0.05) is 5.69 Å². The van der Waals surface area contributed by atoms with E-state index in [0.29, 0.717) is 24.4 Å². The van der Waals surface area contributed by atoms with Crippen LogP contribution in [-0.4, -0.2) is 25.0 Å². The van der Waals surface area contributed by atoms with E-state index in [1.165, 1.54) is 14.7 Å². The number of rotatable bonds is 9. The Hall–Kier alpha value is -2.48. The summed E-state index contributed by atoms with van der Waals surface area (Å²) in [6, 6.07) is 15.0. The van der Waals surface area contributed by atoms with Crippen molar-refractivity contribution < 1.29 is 19.2 Å². The summed E-state index contributed by atoms with van der Waals surface area (Å²) >= 11 is 3.42. The van der Waals surface area contributed by atoms with Gasteiger partial charge in [0.15, 0.2) is 6.54 Å². The number of hydrogen-bond donors (Lipinski definition) is 2. The zero-order valence-corrected chi connectivity index (χ0v) is 17.3. The van der Waals surface area contributed by atoms with Crippen LogP contribution in [0.15, 0.2) is 59.3 Å². The summed E-state index contributed by atoms with van der Waals surface area (Å²) in [6.45, 7) is 4.10. The van der Waals surface area contributed by atoms with E-state index in [4.69, 9.17) is 4.74 Å². The molecule has 0 radical (unpaired) electrons. The molecule has 1 aromatic carbocycles. The monoisotopic (exact) mass is 415 g/mol. The number of benzene rings is 1. The van der Waals surface area contributed by atoms with Crippen LogP contribution in [0.5, 0.6) is 0 Å². The molecule has 0 aliphatic carbocycles. The van der Waals surface area contributed by atoms with Crippen LogP contribution in [0.25, 0.3) is 0 Å². The maximum absolute atomic E-state index is 12.6. The van der Waals surface area contributed by atoms with E-state index in [0.717, 1.165) is 13.1 Å². The van der Waals surface area contributed by atoms with Crippen molar-refractivity contribution in [3.8, 4) is 0 Å². The first-order valence-electron chi connectivity index (χ1n) is 9.09. The maximum Gasteiger partial charge on any atom is 0.338 e. The van der Waals surface area contributed by atoms with Crippen LogP contribution in [0.2, 0.25) is 0 Å². The zero-order chi connectivity index (χ0) is 19.8. The minimum Gasteiger partial charge on any atom is -0.462 e. The van der Waals surface area contributed by atoms with E-state index >= 15 is 0 Å². The van der Waals surface area contributed by atoms with E-state index in [9.17, 15) is 9.59 Å². The van der Waals surface area contributed by atoms with Gasteiger partial charge in [-0.1, -0.05) is 12.1 Å². The largest absolute Gasteiger partial charge is 0.462 e. The van der Waals surface area contributed by atoms with E-state index in [1.54, 1.807) is 53.9 Å². The molecule has 5 nitrogen and oxygen atoms in total. The Morgan fingerprint density at radius 2 is 1.57 bits per heavy atom. The second-order valence-electron chi connectivity index (χ2n) is 6.29. The van der Waals surface area contributed by atoms with Crippen molar-refractivity contribution in [2.24, 2.45) is 0 Å². The highest BCUT2D eigenvalue weighted by atomic mass is 32.1. The SMILES string of the molecule is CCOC(=O)c1ccc(NC(=O)C[NH+](Cc2cccs2)Cc2cccs2)cc1. The predicted molar refractivity (Wildman–Crippen MR) is 113 cm³/mol. The third kappa shape index (κ3) is 6.02. The Labute approximate surface area is 172 Å². The molecule has 0 saturated heterocycles. The lowest BCUT2D eigenvalue weighted by molar-refractivity contribution is -0.918. The summed E-state index contributed by atoms with van der Waals surface area (Å²) in [5, 5.41) is 7.04. The first-order valence-corrected chi connectivity index (χ1v) is 10.9. The zero-order valence-electron chi connectivity index (χ0n) is 15.6. The highest BCUT2D eigenvalue weighted by Gasteiger charge is 2.17. The number of amides is 1. The van der Waals surface area contributed by atoms with Gasteiger partial charge in [-0.3, -0.25) is 4.79 Å². The number of thiophene rings is 2. The van der Waals surface area contributed by atoms with Gasteiger partial charge in [0.2, 0.25) is 0 Å². The molecular formula is C21H23N2O3S2+. The van der Waals surface area contributed by atoms with E-state index in [1.807, 2.05) is 12.1 Å². The average molecular weight is 416 g/mol. The number of carbonyl (C=O) groups excluding carboxylic acids is 2. The van der Waals surface area contributed by atoms with Crippen molar-refractivity contribution >= 4 is 40.2 Å². The van der Waals surface area contributed by atoms with Gasteiger partial charge in [0.25, 0.3) is 5.91 Å². The molecule has 3 rings (SSSR count). The van der Waals surface area contributed by atoms with Crippen LogP contribution in [0.3, 0.4) is 0 Å². The van der Waals surface area contributed by atoms with Gasteiger partial charge in [0.1, 0.15) is 13.1 Å². The molecule has 0 unspecified atom stereocenters. The number of carbonyl (C=O) groups is 2. The summed E-state index contributed by atoms with van der Waals surface area (Å²) in [5.74, 6) is -0.408. The fourth-order valence-electron chi connectivity index (χ4n) is 2.84. The molecule has 0 aliphatic rings. The third-order valence-corrected chi connectivity index (χ3v) is 5.85. The minimum absolute atomic E-state index is 0.0491. The summed E-state index contributed by atoms with van der Waals surface area (Å²) in [4.78, 5) is 28.0. The van der Waals surface area contributed by atoms with Gasteiger partial charge in [-0.05, 0) is 54.1 Å². The molecule has 146 valence electrons. The van der Waals surface area contributed by atoms with Crippen molar-refractivity contribution in [2.75, 3.05) is 18.5 Å². The van der Waals surface area contributed by atoms with E-state index in [-0.39, 0.29) is 11.9 Å². The lowest BCUT2D eigenvalue weighted by Crippen LogP contribution is -3.10. The molecule has 0 aliphatic heterocycles. The fraction of sp³-hybridized carbons (Fsp3) is 0.238. The molecule has 2 heterocycles. The normalized spacial score (nSPS) is 10.8. The smallest absolute Gasteiger partial charge is 0.338 e. The predicted octanol–water partition coefficient (Wildman–Crippen LogP) is 3.21. The van der Waals surface area contributed by atoms with Crippen molar-refractivity contribution in [3.05, 3.63) is 74.6 Å². The Kier molecular flexibility index (Phi) is 7.36. The lowest BCUT2D eigenvalue weighted by Gasteiger charge is -2.18. The van der Waals surface area contributed by atoms with Gasteiger partial charge >= 0.3 is 5.97 Å². The molecule has 0 fully saturated rings. The van der Waals surface area contributed by atoms with Crippen molar-refractivity contribution in [3.63, 3.8) is 0 Å². The van der Waals surface area contributed by atoms with Gasteiger partial charge in [-0.2, -0.15) is 0 Å². The Balaban J connectivity index is 1.60. The van der Waals surface area contributed by atoms with Gasteiger partial charge < -0.3 is 15.0 Å². The topological polar surface area (TPSA) is 59.8 Å². The summed E-state index contributed by atoms with van der Waals surface area (Å²) < 4.78 is 4.97. The van der Waals surface area contributed by atoms with Crippen molar-refractivity contribution in [1.29, 1.82) is 0 Å². The number of anilines is 1. The number of esters is 1. The van der Waals surface area contributed by atoms with Crippen molar-refractivity contribution in [1.82, 2.24) is 0 Å². The highest BCUT2D eigenvalue weighted by Crippen LogP contribution is 2.11. The molecule has 3 aromatic rings. The molecule has 0 bridgehead atoms. The molecule has 1 amide bonds. The first kappa shape index (κ1) is 20.3. The molecule has 7 heteroatoms. The number of ether oxygens (including phenoxy) is 1. The maximum atomic E-state index is 12.6. The molecule has 0 spiro atoms.